The van der Waals surface area contributed by atoms with Crippen molar-refractivity contribution < 1.29 is 0 Å². The summed E-state index contributed by atoms with van der Waals surface area (Å²) in [5, 5.41) is 9.13. The number of aryl methyl sites for hydroxylation is 1. The number of benzene rings is 2. The van der Waals surface area contributed by atoms with Crippen LogP contribution in [-0.2, 0) is 6.42 Å². The average molecular weight is 249 g/mol. The zero-order valence-electron chi connectivity index (χ0n) is 10.6. The Bertz CT molecular complexity index is 743. The molecule has 0 saturated carbocycles. The molecule has 0 bridgehead atoms. The van der Waals surface area contributed by atoms with Gasteiger partial charge < -0.3 is 5.32 Å². The highest BCUT2D eigenvalue weighted by molar-refractivity contribution is 5.80. The fraction of sp³-hybridized carbons (Fsp3) is 0.188. The van der Waals surface area contributed by atoms with E-state index in [9.17, 15) is 0 Å². The van der Waals surface area contributed by atoms with Crippen molar-refractivity contribution in [3.63, 3.8) is 0 Å². The van der Waals surface area contributed by atoms with Crippen LogP contribution in [0.5, 0.6) is 0 Å². The molecule has 2 heterocycles. The normalized spacial score (nSPS) is 14.1. The van der Waals surface area contributed by atoms with Crippen molar-refractivity contribution in [3.8, 4) is 5.69 Å². The van der Waals surface area contributed by atoms with E-state index in [0.29, 0.717) is 0 Å². The molecule has 4 rings (SSSR count). The second-order valence-electron chi connectivity index (χ2n) is 4.99. The lowest BCUT2D eigenvalue weighted by atomic mass is 10.0. The molecule has 0 unspecified atom stereocenters. The molecule has 1 N–H and O–H groups in total. The lowest BCUT2D eigenvalue weighted by Crippen LogP contribution is -2.12. The number of para-hydroxylation sites is 1. The summed E-state index contributed by atoms with van der Waals surface area (Å²) >= 11 is 0. The van der Waals surface area contributed by atoms with E-state index in [1.54, 1.807) is 0 Å². The molecule has 0 radical (unpaired) electrons. The summed E-state index contributed by atoms with van der Waals surface area (Å²) in [6, 6.07) is 14.9. The summed E-state index contributed by atoms with van der Waals surface area (Å²) in [5.41, 5.74) is 4.96. The predicted molar refractivity (Wildman–Crippen MR) is 77.9 cm³/mol. The Labute approximate surface area is 111 Å². The maximum absolute atomic E-state index is 4.51. The SMILES string of the molecule is c1ccc2c(c1)cnn2-c1ccc2c(c1)CCCN2. The number of nitrogens with zero attached hydrogens (tertiary/aromatic N) is 2. The van der Waals surface area contributed by atoms with E-state index >= 15 is 0 Å². The topological polar surface area (TPSA) is 29.9 Å². The van der Waals surface area contributed by atoms with Gasteiger partial charge in [-0.05, 0) is 42.7 Å². The smallest absolute Gasteiger partial charge is 0.0741 e. The Morgan fingerprint density at radius 3 is 3.05 bits per heavy atom. The number of hydrogen-bond donors (Lipinski definition) is 1. The van der Waals surface area contributed by atoms with E-state index < -0.39 is 0 Å². The van der Waals surface area contributed by atoms with Gasteiger partial charge in [0.2, 0.25) is 0 Å². The van der Waals surface area contributed by atoms with Crippen LogP contribution in [0.2, 0.25) is 0 Å². The van der Waals surface area contributed by atoms with E-state index in [4.69, 9.17) is 0 Å². The van der Waals surface area contributed by atoms with E-state index in [1.807, 2.05) is 16.9 Å². The van der Waals surface area contributed by atoms with Crippen LogP contribution in [0.1, 0.15) is 12.0 Å². The zero-order valence-corrected chi connectivity index (χ0v) is 10.6. The fourth-order valence-corrected chi connectivity index (χ4v) is 2.77. The molecule has 3 nitrogen and oxygen atoms in total. The van der Waals surface area contributed by atoms with Crippen LogP contribution in [0.15, 0.2) is 48.7 Å². The molecule has 0 amide bonds. The van der Waals surface area contributed by atoms with Crippen molar-refractivity contribution in [1.82, 2.24) is 9.78 Å². The second kappa shape index (κ2) is 4.12. The van der Waals surface area contributed by atoms with Gasteiger partial charge in [-0.25, -0.2) is 4.68 Å². The molecule has 0 atom stereocenters. The van der Waals surface area contributed by atoms with Crippen molar-refractivity contribution >= 4 is 16.6 Å². The van der Waals surface area contributed by atoms with Gasteiger partial charge >= 0.3 is 0 Å². The molecule has 3 heteroatoms. The van der Waals surface area contributed by atoms with E-state index in [0.717, 1.165) is 24.2 Å². The first kappa shape index (κ1) is 10.6. The van der Waals surface area contributed by atoms with E-state index in [2.05, 4.69) is 46.8 Å². The second-order valence-corrected chi connectivity index (χ2v) is 4.99. The Hall–Kier alpha value is -2.29. The molecule has 0 saturated heterocycles. The van der Waals surface area contributed by atoms with Gasteiger partial charge in [-0.2, -0.15) is 5.10 Å². The van der Waals surface area contributed by atoms with Gasteiger partial charge in [0.05, 0.1) is 17.4 Å². The van der Waals surface area contributed by atoms with Crippen molar-refractivity contribution in [1.29, 1.82) is 0 Å². The van der Waals surface area contributed by atoms with Crippen LogP contribution < -0.4 is 5.32 Å². The number of fused-ring (bicyclic) bond motifs is 2. The number of hydrogen-bond acceptors (Lipinski definition) is 2. The lowest BCUT2D eigenvalue weighted by molar-refractivity contribution is 0.824. The Balaban J connectivity index is 1.88. The average Bonchev–Trinajstić information content (AvgIpc) is 2.91. The highest BCUT2D eigenvalue weighted by Gasteiger charge is 2.11. The highest BCUT2D eigenvalue weighted by atomic mass is 15.3. The van der Waals surface area contributed by atoms with Gasteiger partial charge in [0, 0.05) is 17.6 Å². The summed E-state index contributed by atoms with van der Waals surface area (Å²) in [4.78, 5) is 0. The third-order valence-corrected chi connectivity index (χ3v) is 3.75. The molecule has 1 aromatic heterocycles. The van der Waals surface area contributed by atoms with Crippen molar-refractivity contribution in [3.05, 3.63) is 54.2 Å². The maximum atomic E-state index is 4.51. The molecule has 1 aliphatic rings. The molecular weight excluding hydrogens is 234 g/mol. The van der Waals surface area contributed by atoms with Crippen LogP contribution in [0.3, 0.4) is 0 Å². The lowest BCUT2D eigenvalue weighted by Gasteiger charge is -2.18. The van der Waals surface area contributed by atoms with Gasteiger partial charge in [0.1, 0.15) is 0 Å². The van der Waals surface area contributed by atoms with E-state index in [1.165, 1.54) is 23.1 Å². The fourth-order valence-electron chi connectivity index (χ4n) is 2.77. The molecule has 1 aliphatic heterocycles. The van der Waals surface area contributed by atoms with E-state index in [-0.39, 0.29) is 0 Å². The molecule has 0 fully saturated rings. The molecule has 19 heavy (non-hydrogen) atoms. The zero-order chi connectivity index (χ0) is 12.7. The van der Waals surface area contributed by atoms with Gasteiger partial charge in [-0.1, -0.05) is 18.2 Å². The minimum absolute atomic E-state index is 1.08. The first-order valence-corrected chi connectivity index (χ1v) is 6.72. The summed E-state index contributed by atoms with van der Waals surface area (Å²) in [5.74, 6) is 0. The maximum Gasteiger partial charge on any atom is 0.0741 e. The number of nitrogens with one attached hydrogen (secondary N) is 1. The molecule has 94 valence electrons. The summed E-state index contributed by atoms with van der Waals surface area (Å²) in [6.07, 6.45) is 4.28. The van der Waals surface area contributed by atoms with Gasteiger partial charge in [0.25, 0.3) is 0 Å². The quantitative estimate of drug-likeness (QED) is 0.716. The van der Waals surface area contributed by atoms with Crippen LogP contribution in [0.4, 0.5) is 5.69 Å². The number of anilines is 1. The number of rotatable bonds is 1. The van der Waals surface area contributed by atoms with Gasteiger partial charge in [-0.3, -0.25) is 0 Å². The standard InChI is InChI=1S/C16H15N3/c1-2-6-16-13(4-1)11-18-19(16)14-7-8-15-12(10-14)5-3-9-17-15/h1-2,4,6-8,10-11,17H,3,5,9H2. The van der Waals surface area contributed by atoms with Crippen molar-refractivity contribution in [2.24, 2.45) is 0 Å². The third kappa shape index (κ3) is 1.70. The van der Waals surface area contributed by atoms with Gasteiger partial charge in [0.15, 0.2) is 0 Å². The Kier molecular flexibility index (Phi) is 2.30. The first-order valence-electron chi connectivity index (χ1n) is 6.72. The summed E-state index contributed by atoms with van der Waals surface area (Å²) in [6.45, 7) is 1.08. The molecule has 2 aromatic carbocycles. The van der Waals surface area contributed by atoms with Crippen LogP contribution in [0.25, 0.3) is 16.6 Å². The highest BCUT2D eigenvalue weighted by Crippen LogP contribution is 2.26. The largest absolute Gasteiger partial charge is 0.385 e. The molecule has 0 aliphatic carbocycles. The minimum Gasteiger partial charge on any atom is -0.385 e. The van der Waals surface area contributed by atoms with Crippen molar-refractivity contribution in [2.75, 3.05) is 11.9 Å². The van der Waals surface area contributed by atoms with Gasteiger partial charge in [-0.15, -0.1) is 0 Å². The van der Waals surface area contributed by atoms with Crippen molar-refractivity contribution in [2.45, 2.75) is 12.8 Å². The Morgan fingerprint density at radius 2 is 2.05 bits per heavy atom. The third-order valence-electron chi connectivity index (χ3n) is 3.75. The summed E-state index contributed by atoms with van der Waals surface area (Å²) < 4.78 is 2.02. The Morgan fingerprint density at radius 1 is 1.11 bits per heavy atom. The monoisotopic (exact) mass is 249 g/mol. The van der Waals surface area contributed by atoms with Crippen LogP contribution in [-0.4, -0.2) is 16.3 Å². The molecular formula is C16H15N3. The summed E-state index contributed by atoms with van der Waals surface area (Å²) in [7, 11) is 0. The molecule has 0 spiro atoms. The number of aromatic nitrogens is 2. The minimum atomic E-state index is 1.08. The van der Waals surface area contributed by atoms with Crippen LogP contribution >= 0.6 is 0 Å². The predicted octanol–water partition coefficient (Wildman–Crippen LogP) is 3.38. The first-order chi connectivity index (χ1) is 9.42. The van der Waals surface area contributed by atoms with Crippen LogP contribution in [0, 0.1) is 0 Å². The molecule has 3 aromatic rings.